The van der Waals surface area contributed by atoms with Crippen molar-refractivity contribution in [3.8, 4) is 0 Å². The molecule has 0 heterocycles. The van der Waals surface area contributed by atoms with Crippen LogP contribution in [0.5, 0.6) is 0 Å². The average molecular weight is 461 g/mol. The molecule has 30 heavy (non-hydrogen) atoms. The molecular weight excluding hydrogens is 445 g/mol. The molecule has 152 valence electrons. The summed E-state index contributed by atoms with van der Waals surface area (Å²) in [6.07, 6.45) is 0. The van der Waals surface area contributed by atoms with E-state index in [9.17, 15) is 9.59 Å². The zero-order valence-electron chi connectivity index (χ0n) is 15.7. The van der Waals surface area contributed by atoms with Crippen LogP contribution in [-0.2, 0) is 0 Å². The monoisotopic (exact) mass is 459 g/mol. The Balaban J connectivity index is 1.71. The molecule has 2 amide bonds. The molecule has 0 saturated heterocycles. The lowest BCUT2D eigenvalue weighted by molar-refractivity contribution is 0.0954. The third-order valence-corrected chi connectivity index (χ3v) is 4.91. The molecule has 3 aromatic rings. The molecule has 3 aromatic carbocycles. The van der Waals surface area contributed by atoms with E-state index in [1.165, 1.54) is 6.07 Å². The van der Waals surface area contributed by atoms with E-state index in [4.69, 9.17) is 34.8 Å². The van der Waals surface area contributed by atoms with Gasteiger partial charge in [0.2, 0.25) is 0 Å². The summed E-state index contributed by atoms with van der Waals surface area (Å²) in [5, 5.41) is 8.09. The number of carbonyl (C=O) groups excluding carboxylic acids is 2. The first kappa shape index (κ1) is 21.8. The number of halogens is 3. The fourth-order valence-corrected chi connectivity index (χ4v) is 3.27. The Morgan fingerprint density at radius 3 is 2.23 bits per heavy atom. The standard InChI is InChI=1S/C22H16Cl3N3O2/c1-13(27-28-21(29)15-5-2-6-16(23)10-15)14-4-3-7-18(11-14)26-22(30)19-9-8-17(24)12-20(19)25/h2-12H,1H3,(H,26,30)(H,28,29). The number of benzene rings is 3. The lowest BCUT2D eigenvalue weighted by Crippen LogP contribution is -2.19. The second-order valence-electron chi connectivity index (χ2n) is 6.31. The summed E-state index contributed by atoms with van der Waals surface area (Å²) >= 11 is 17.9. The molecular formula is C22H16Cl3N3O2. The summed E-state index contributed by atoms with van der Waals surface area (Å²) in [6, 6.07) is 18.3. The quantitative estimate of drug-likeness (QED) is 0.359. The molecule has 0 aliphatic carbocycles. The minimum atomic E-state index is -0.376. The van der Waals surface area contributed by atoms with Crippen molar-refractivity contribution < 1.29 is 9.59 Å². The Labute approximate surface area is 188 Å². The number of rotatable bonds is 5. The molecule has 0 aliphatic rings. The average Bonchev–Trinajstić information content (AvgIpc) is 2.71. The van der Waals surface area contributed by atoms with E-state index < -0.39 is 0 Å². The Kier molecular flexibility index (Phi) is 7.11. The molecule has 0 radical (unpaired) electrons. The lowest BCUT2D eigenvalue weighted by atomic mass is 10.1. The minimum absolute atomic E-state index is 0.262. The van der Waals surface area contributed by atoms with Crippen LogP contribution in [0.15, 0.2) is 71.8 Å². The van der Waals surface area contributed by atoms with Crippen molar-refractivity contribution in [3.63, 3.8) is 0 Å². The predicted octanol–water partition coefficient (Wildman–Crippen LogP) is 6.05. The Bertz CT molecular complexity index is 1150. The van der Waals surface area contributed by atoms with E-state index in [0.29, 0.717) is 32.6 Å². The number of hydrogen-bond donors (Lipinski definition) is 2. The molecule has 3 rings (SSSR count). The van der Waals surface area contributed by atoms with Gasteiger partial charge < -0.3 is 5.32 Å². The smallest absolute Gasteiger partial charge is 0.271 e. The lowest BCUT2D eigenvalue weighted by Gasteiger charge is -2.09. The van der Waals surface area contributed by atoms with E-state index in [0.717, 1.165) is 5.56 Å². The minimum Gasteiger partial charge on any atom is -0.322 e. The third-order valence-electron chi connectivity index (χ3n) is 4.13. The van der Waals surface area contributed by atoms with Crippen LogP contribution in [0.4, 0.5) is 5.69 Å². The molecule has 0 atom stereocenters. The maximum Gasteiger partial charge on any atom is 0.271 e. The third kappa shape index (κ3) is 5.60. The topological polar surface area (TPSA) is 70.6 Å². The first-order valence-corrected chi connectivity index (χ1v) is 9.94. The summed E-state index contributed by atoms with van der Waals surface area (Å²) < 4.78 is 0. The van der Waals surface area contributed by atoms with Gasteiger partial charge in [0.05, 0.1) is 16.3 Å². The van der Waals surface area contributed by atoms with Gasteiger partial charge in [-0.25, -0.2) is 5.43 Å². The predicted molar refractivity (Wildman–Crippen MR) is 122 cm³/mol. The molecule has 0 bridgehead atoms. The normalized spacial score (nSPS) is 11.1. The second kappa shape index (κ2) is 9.76. The van der Waals surface area contributed by atoms with Crippen LogP contribution in [0.3, 0.4) is 0 Å². The van der Waals surface area contributed by atoms with E-state index in [2.05, 4.69) is 15.8 Å². The van der Waals surface area contributed by atoms with Crippen molar-refractivity contribution >= 4 is 58.0 Å². The number of hydrogen-bond acceptors (Lipinski definition) is 3. The van der Waals surface area contributed by atoms with E-state index in [-0.39, 0.29) is 16.8 Å². The van der Waals surface area contributed by atoms with Crippen molar-refractivity contribution in [2.75, 3.05) is 5.32 Å². The van der Waals surface area contributed by atoms with E-state index in [1.807, 2.05) is 6.07 Å². The number of carbonyl (C=O) groups is 2. The summed E-state index contributed by atoms with van der Waals surface area (Å²) in [6.45, 7) is 1.75. The summed E-state index contributed by atoms with van der Waals surface area (Å²) in [4.78, 5) is 24.7. The van der Waals surface area contributed by atoms with Gasteiger partial charge in [0.25, 0.3) is 11.8 Å². The maximum absolute atomic E-state index is 12.5. The summed E-state index contributed by atoms with van der Waals surface area (Å²) in [5.41, 5.74) is 5.05. The number of amides is 2. The number of nitrogens with one attached hydrogen (secondary N) is 2. The van der Waals surface area contributed by atoms with Crippen molar-refractivity contribution in [1.29, 1.82) is 0 Å². The Morgan fingerprint density at radius 2 is 1.50 bits per heavy atom. The van der Waals surface area contributed by atoms with Gasteiger partial charge in [-0.05, 0) is 61.0 Å². The highest BCUT2D eigenvalue weighted by Crippen LogP contribution is 2.22. The van der Waals surface area contributed by atoms with Crippen molar-refractivity contribution in [2.45, 2.75) is 6.92 Å². The zero-order valence-corrected chi connectivity index (χ0v) is 18.0. The van der Waals surface area contributed by atoms with Gasteiger partial charge in [-0.15, -0.1) is 0 Å². The zero-order chi connectivity index (χ0) is 21.7. The van der Waals surface area contributed by atoms with Gasteiger partial charge in [0.15, 0.2) is 0 Å². The molecule has 5 nitrogen and oxygen atoms in total. The highest BCUT2D eigenvalue weighted by molar-refractivity contribution is 6.37. The molecule has 0 fully saturated rings. The number of anilines is 1. The van der Waals surface area contributed by atoms with Gasteiger partial charge in [-0.2, -0.15) is 5.10 Å². The molecule has 0 aliphatic heterocycles. The van der Waals surface area contributed by atoms with Crippen LogP contribution < -0.4 is 10.7 Å². The molecule has 0 saturated carbocycles. The van der Waals surface area contributed by atoms with Crippen LogP contribution in [0, 0.1) is 0 Å². The van der Waals surface area contributed by atoms with Crippen LogP contribution in [0.1, 0.15) is 33.2 Å². The van der Waals surface area contributed by atoms with Crippen molar-refractivity contribution in [2.24, 2.45) is 5.10 Å². The van der Waals surface area contributed by atoms with Gasteiger partial charge in [-0.1, -0.05) is 53.0 Å². The Hall–Kier alpha value is -2.86. The van der Waals surface area contributed by atoms with Crippen molar-refractivity contribution in [3.05, 3.63) is 98.5 Å². The van der Waals surface area contributed by atoms with Gasteiger partial charge in [0.1, 0.15) is 0 Å². The summed E-state index contributed by atoms with van der Waals surface area (Å²) in [5.74, 6) is -0.739. The van der Waals surface area contributed by atoms with E-state index in [1.54, 1.807) is 61.5 Å². The molecule has 0 unspecified atom stereocenters. The fraction of sp³-hybridized carbons (Fsp3) is 0.0455. The van der Waals surface area contributed by atoms with Gasteiger partial charge in [-0.3, -0.25) is 9.59 Å². The second-order valence-corrected chi connectivity index (χ2v) is 7.59. The molecule has 0 aromatic heterocycles. The van der Waals surface area contributed by atoms with Crippen LogP contribution in [0.2, 0.25) is 15.1 Å². The fourth-order valence-electron chi connectivity index (χ4n) is 2.59. The number of nitrogens with zero attached hydrogens (tertiary/aromatic N) is 1. The molecule has 0 spiro atoms. The highest BCUT2D eigenvalue weighted by Gasteiger charge is 2.12. The van der Waals surface area contributed by atoms with Crippen LogP contribution in [0.25, 0.3) is 0 Å². The Morgan fingerprint density at radius 1 is 0.800 bits per heavy atom. The van der Waals surface area contributed by atoms with E-state index >= 15 is 0 Å². The highest BCUT2D eigenvalue weighted by atomic mass is 35.5. The summed E-state index contributed by atoms with van der Waals surface area (Å²) in [7, 11) is 0. The molecule has 2 N–H and O–H groups in total. The SMILES string of the molecule is CC(=NNC(=O)c1cccc(Cl)c1)c1cccc(NC(=O)c2ccc(Cl)cc2Cl)c1. The van der Waals surface area contributed by atoms with Gasteiger partial charge in [0, 0.05) is 21.3 Å². The maximum atomic E-state index is 12.5. The first-order chi connectivity index (χ1) is 14.3. The molecule has 8 heteroatoms. The first-order valence-electron chi connectivity index (χ1n) is 8.80. The van der Waals surface area contributed by atoms with Crippen LogP contribution in [-0.4, -0.2) is 17.5 Å². The number of hydrazone groups is 1. The van der Waals surface area contributed by atoms with Crippen molar-refractivity contribution in [1.82, 2.24) is 5.43 Å². The van der Waals surface area contributed by atoms with Gasteiger partial charge >= 0.3 is 0 Å². The largest absolute Gasteiger partial charge is 0.322 e. The van der Waals surface area contributed by atoms with Crippen LogP contribution >= 0.6 is 34.8 Å².